The summed E-state index contributed by atoms with van der Waals surface area (Å²) in [5.74, 6) is 0.0737. The van der Waals surface area contributed by atoms with E-state index in [1.165, 1.54) is 0 Å². The van der Waals surface area contributed by atoms with Crippen LogP contribution in [-0.2, 0) is 0 Å². The predicted octanol–water partition coefficient (Wildman–Crippen LogP) is 1.93. The Morgan fingerprint density at radius 1 is 1.30 bits per heavy atom. The predicted molar refractivity (Wildman–Crippen MR) is 83.1 cm³/mol. The van der Waals surface area contributed by atoms with Gasteiger partial charge in [0.15, 0.2) is 0 Å². The Hall–Kier alpha value is -1.62. The van der Waals surface area contributed by atoms with Crippen LogP contribution in [0.1, 0.15) is 30.6 Å². The minimum atomic E-state index is 0.0737. The van der Waals surface area contributed by atoms with Gasteiger partial charge in [-0.1, -0.05) is 0 Å². The van der Waals surface area contributed by atoms with Crippen molar-refractivity contribution >= 4 is 11.6 Å². The number of carbonyl (C=O) groups excluding carboxylic acids is 1. The van der Waals surface area contributed by atoms with Gasteiger partial charge in [-0.3, -0.25) is 9.78 Å². The summed E-state index contributed by atoms with van der Waals surface area (Å²) in [6.07, 6.45) is 4.36. The van der Waals surface area contributed by atoms with Crippen LogP contribution in [0, 0.1) is 0 Å². The number of hydrogen-bond donors (Lipinski definition) is 1. The first-order valence-corrected chi connectivity index (χ1v) is 7.22. The van der Waals surface area contributed by atoms with Gasteiger partial charge in [0.1, 0.15) is 0 Å². The SMILES string of the molecule is CCNc1cnccc1C(=O)N(CC)CCCN(C)C. The Morgan fingerprint density at radius 2 is 2.05 bits per heavy atom. The number of carbonyl (C=O) groups is 1. The first-order valence-electron chi connectivity index (χ1n) is 7.22. The Bertz CT molecular complexity index is 420. The molecule has 0 unspecified atom stereocenters. The Labute approximate surface area is 122 Å². The molecule has 1 aromatic rings. The fourth-order valence-electron chi connectivity index (χ4n) is 2.06. The van der Waals surface area contributed by atoms with Gasteiger partial charge in [0, 0.05) is 25.8 Å². The first-order chi connectivity index (χ1) is 9.60. The first kappa shape index (κ1) is 16.4. The maximum Gasteiger partial charge on any atom is 0.256 e. The zero-order chi connectivity index (χ0) is 15.0. The zero-order valence-electron chi connectivity index (χ0n) is 13.0. The molecule has 0 fully saturated rings. The number of pyridine rings is 1. The topological polar surface area (TPSA) is 48.5 Å². The molecule has 0 saturated carbocycles. The van der Waals surface area contributed by atoms with Crippen LogP contribution in [0.2, 0.25) is 0 Å². The van der Waals surface area contributed by atoms with Crippen LogP contribution in [0.25, 0.3) is 0 Å². The van der Waals surface area contributed by atoms with Gasteiger partial charge in [0.25, 0.3) is 5.91 Å². The molecule has 5 heteroatoms. The van der Waals surface area contributed by atoms with Crippen LogP contribution >= 0.6 is 0 Å². The molecule has 0 radical (unpaired) electrons. The lowest BCUT2D eigenvalue weighted by Gasteiger charge is -2.23. The molecule has 5 nitrogen and oxygen atoms in total. The van der Waals surface area contributed by atoms with Crippen LogP contribution in [0.4, 0.5) is 5.69 Å². The van der Waals surface area contributed by atoms with Gasteiger partial charge >= 0.3 is 0 Å². The third-order valence-electron chi connectivity index (χ3n) is 3.12. The Morgan fingerprint density at radius 3 is 2.65 bits per heavy atom. The standard InChI is InChI=1S/C15H26N4O/c1-5-17-14-12-16-9-8-13(14)15(20)19(6-2)11-7-10-18(3)4/h8-9,12,17H,5-7,10-11H2,1-4H3. The second-order valence-electron chi connectivity index (χ2n) is 4.99. The molecule has 1 rings (SSSR count). The van der Waals surface area contributed by atoms with E-state index in [4.69, 9.17) is 0 Å². The molecule has 0 bridgehead atoms. The lowest BCUT2D eigenvalue weighted by molar-refractivity contribution is 0.0760. The molecule has 1 N–H and O–H groups in total. The molecule has 0 aromatic carbocycles. The fourth-order valence-corrected chi connectivity index (χ4v) is 2.06. The van der Waals surface area contributed by atoms with E-state index in [0.717, 1.165) is 38.3 Å². The minimum Gasteiger partial charge on any atom is -0.383 e. The summed E-state index contributed by atoms with van der Waals surface area (Å²) >= 11 is 0. The van der Waals surface area contributed by atoms with Crippen molar-refractivity contribution < 1.29 is 4.79 Å². The maximum atomic E-state index is 12.6. The van der Waals surface area contributed by atoms with Crippen molar-refractivity contribution in [2.75, 3.05) is 45.6 Å². The lowest BCUT2D eigenvalue weighted by atomic mass is 10.2. The van der Waals surface area contributed by atoms with Crippen LogP contribution in [-0.4, -0.2) is 61.0 Å². The molecule has 0 atom stereocenters. The van der Waals surface area contributed by atoms with E-state index < -0.39 is 0 Å². The molecule has 1 amide bonds. The molecule has 0 aliphatic carbocycles. The number of hydrogen-bond acceptors (Lipinski definition) is 4. The number of nitrogens with zero attached hydrogens (tertiary/aromatic N) is 3. The van der Waals surface area contributed by atoms with Crippen LogP contribution < -0.4 is 5.32 Å². The molecule has 0 aliphatic heterocycles. The molecule has 1 aromatic heterocycles. The summed E-state index contributed by atoms with van der Waals surface area (Å²) in [5, 5.41) is 3.19. The molecule has 1 heterocycles. The highest BCUT2D eigenvalue weighted by molar-refractivity contribution is 5.99. The summed E-state index contributed by atoms with van der Waals surface area (Å²) in [5.41, 5.74) is 1.51. The quantitative estimate of drug-likeness (QED) is 0.789. The largest absolute Gasteiger partial charge is 0.383 e. The summed E-state index contributed by atoms with van der Waals surface area (Å²) in [6, 6.07) is 1.79. The summed E-state index contributed by atoms with van der Waals surface area (Å²) < 4.78 is 0. The van der Waals surface area contributed by atoms with Crippen LogP contribution in [0.15, 0.2) is 18.5 Å². The number of aromatic nitrogens is 1. The van der Waals surface area contributed by atoms with Crippen molar-refractivity contribution in [3.63, 3.8) is 0 Å². The highest BCUT2D eigenvalue weighted by Crippen LogP contribution is 2.16. The van der Waals surface area contributed by atoms with Gasteiger partial charge in [-0.05, 0) is 47.0 Å². The second-order valence-corrected chi connectivity index (χ2v) is 4.99. The smallest absolute Gasteiger partial charge is 0.256 e. The number of amides is 1. The molecular formula is C15H26N4O. The van der Waals surface area contributed by atoms with Gasteiger partial charge in [-0.25, -0.2) is 0 Å². The summed E-state index contributed by atoms with van der Waals surface area (Å²) in [4.78, 5) is 20.7. The van der Waals surface area contributed by atoms with E-state index >= 15 is 0 Å². The lowest BCUT2D eigenvalue weighted by Crippen LogP contribution is -2.33. The zero-order valence-corrected chi connectivity index (χ0v) is 13.0. The van der Waals surface area contributed by atoms with E-state index in [0.29, 0.717) is 5.56 Å². The third-order valence-corrected chi connectivity index (χ3v) is 3.12. The van der Waals surface area contributed by atoms with E-state index in [1.54, 1.807) is 18.5 Å². The fraction of sp³-hybridized carbons (Fsp3) is 0.600. The monoisotopic (exact) mass is 278 g/mol. The van der Waals surface area contributed by atoms with Crippen LogP contribution in [0.5, 0.6) is 0 Å². The molecule has 0 saturated heterocycles. The van der Waals surface area contributed by atoms with E-state index in [2.05, 4.69) is 15.2 Å². The van der Waals surface area contributed by atoms with Gasteiger partial charge in [0.2, 0.25) is 0 Å². The van der Waals surface area contributed by atoms with Gasteiger partial charge in [-0.15, -0.1) is 0 Å². The molecule has 0 aliphatic rings. The second kappa shape index (κ2) is 8.53. The van der Waals surface area contributed by atoms with E-state index in [1.807, 2.05) is 32.8 Å². The van der Waals surface area contributed by atoms with E-state index in [-0.39, 0.29) is 5.91 Å². The average Bonchev–Trinajstić information content (AvgIpc) is 2.43. The Kier molecular flexibility index (Phi) is 7.01. The Balaban J connectivity index is 2.75. The maximum absolute atomic E-state index is 12.6. The van der Waals surface area contributed by atoms with Gasteiger partial charge in [0.05, 0.1) is 17.4 Å². The summed E-state index contributed by atoms with van der Waals surface area (Å²) in [7, 11) is 4.09. The molecular weight excluding hydrogens is 252 g/mol. The van der Waals surface area contributed by atoms with Crippen molar-refractivity contribution in [1.82, 2.24) is 14.8 Å². The number of nitrogens with one attached hydrogen (secondary N) is 1. The normalized spacial score (nSPS) is 10.7. The van der Waals surface area contributed by atoms with Gasteiger partial charge < -0.3 is 15.1 Å². The van der Waals surface area contributed by atoms with E-state index in [9.17, 15) is 4.79 Å². The summed E-state index contributed by atoms with van der Waals surface area (Å²) in [6.45, 7) is 7.29. The highest BCUT2D eigenvalue weighted by Gasteiger charge is 2.17. The molecule has 20 heavy (non-hydrogen) atoms. The van der Waals surface area contributed by atoms with Crippen molar-refractivity contribution in [2.24, 2.45) is 0 Å². The van der Waals surface area contributed by atoms with Crippen molar-refractivity contribution in [2.45, 2.75) is 20.3 Å². The number of rotatable bonds is 8. The molecule has 0 spiro atoms. The minimum absolute atomic E-state index is 0.0737. The van der Waals surface area contributed by atoms with Crippen LogP contribution in [0.3, 0.4) is 0 Å². The van der Waals surface area contributed by atoms with Crippen molar-refractivity contribution in [3.05, 3.63) is 24.0 Å². The van der Waals surface area contributed by atoms with Crippen molar-refractivity contribution in [3.8, 4) is 0 Å². The molecule has 112 valence electrons. The average molecular weight is 278 g/mol. The van der Waals surface area contributed by atoms with Gasteiger partial charge in [-0.2, -0.15) is 0 Å². The number of anilines is 1. The highest BCUT2D eigenvalue weighted by atomic mass is 16.2. The third kappa shape index (κ3) is 4.81. The van der Waals surface area contributed by atoms with Crippen molar-refractivity contribution in [1.29, 1.82) is 0 Å².